The minimum absolute atomic E-state index is 0.0330. The fourth-order valence-corrected chi connectivity index (χ4v) is 4.56. The van der Waals surface area contributed by atoms with Crippen LogP contribution in [0.5, 0.6) is 0 Å². The van der Waals surface area contributed by atoms with Crippen LogP contribution in [0.2, 0.25) is 0 Å². The molecule has 2 aromatic rings. The molecule has 25 heavy (non-hydrogen) atoms. The van der Waals surface area contributed by atoms with Crippen molar-refractivity contribution in [3.05, 3.63) is 28.2 Å². The van der Waals surface area contributed by atoms with E-state index >= 15 is 0 Å². The van der Waals surface area contributed by atoms with E-state index in [1.54, 1.807) is 11.3 Å². The molecule has 2 aromatic heterocycles. The zero-order valence-corrected chi connectivity index (χ0v) is 15.7. The number of amides is 1. The van der Waals surface area contributed by atoms with Crippen LogP contribution in [0.15, 0.2) is 22.7 Å². The van der Waals surface area contributed by atoms with Crippen LogP contribution in [0.1, 0.15) is 42.4 Å². The Hall–Kier alpha value is -1.38. The average molecular weight is 379 g/mol. The smallest absolute Gasteiger partial charge is 0.230 e. The van der Waals surface area contributed by atoms with Gasteiger partial charge in [-0.3, -0.25) is 4.79 Å². The molecule has 1 amide bonds. The maximum Gasteiger partial charge on any atom is 0.230 e. The molecular weight excluding hydrogens is 356 g/mol. The zero-order valence-electron chi connectivity index (χ0n) is 14.0. The molecule has 1 saturated heterocycles. The van der Waals surface area contributed by atoms with E-state index in [0.717, 1.165) is 36.9 Å². The number of nitrogens with one attached hydrogen (secondary N) is 1. The topological polar surface area (TPSA) is 69.0 Å². The largest absolute Gasteiger partial charge is 0.376 e. The summed E-state index contributed by atoms with van der Waals surface area (Å²) in [4.78, 5) is 13.4. The van der Waals surface area contributed by atoms with Crippen molar-refractivity contribution < 1.29 is 9.53 Å². The summed E-state index contributed by atoms with van der Waals surface area (Å²) in [6.45, 7) is 1.42. The van der Waals surface area contributed by atoms with E-state index in [9.17, 15) is 4.79 Å². The van der Waals surface area contributed by atoms with Crippen LogP contribution in [0.25, 0.3) is 0 Å². The van der Waals surface area contributed by atoms with Gasteiger partial charge in [0.15, 0.2) is 5.16 Å². The second kappa shape index (κ2) is 7.88. The van der Waals surface area contributed by atoms with Gasteiger partial charge in [0, 0.05) is 30.5 Å². The highest BCUT2D eigenvalue weighted by atomic mass is 32.2. The molecular formula is C17H22N4O2S2. The molecule has 8 heteroatoms. The summed E-state index contributed by atoms with van der Waals surface area (Å²) < 4.78 is 7.77. The van der Waals surface area contributed by atoms with Gasteiger partial charge in [0.05, 0.1) is 11.9 Å². The van der Waals surface area contributed by atoms with Gasteiger partial charge in [0.25, 0.3) is 0 Å². The molecule has 1 N–H and O–H groups in total. The molecule has 1 aliphatic carbocycles. The van der Waals surface area contributed by atoms with Crippen molar-refractivity contribution in [2.24, 2.45) is 0 Å². The first-order chi connectivity index (χ1) is 12.3. The molecule has 0 unspecified atom stereocenters. The van der Waals surface area contributed by atoms with Crippen LogP contribution >= 0.6 is 23.1 Å². The van der Waals surface area contributed by atoms with Gasteiger partial charge < -0.3 is 14.6 Å². The van der Waals surface area contributed by atoms with Gasteiger partial charge in [-0.1, -0.05) is 17.8 Å². The maximum absolute atomic E-state index is 12.1. The lowest BCUT2D eigenvalue weighted by Crippen LogP contribution is -2.32. The molecule has 2 fully saturated rings. The van der Waals surface area contributed by atoms with E-state index < -0.39 is 0 Å². The van der Waals surface area contributed by atoms with E-state index in [1.165, 1.54) is 29.5 Å². The average Bonchev–Trinajstić information content (AvgIpc) is 3.05. The predicted octanol–water partition coefficient (Wildman–Crippen LogP) is 2.65. The molecule has 0 bridgehead atoms. The van der Waals surface area contributed by atoms with Gasteiger partial charge in [0.1, 0.15) is 5.82 Å². The normalized spacial score (nSPS) is 20.1. The van der Waals surface area contributed by atoms with Crippen molar-refractivity contribution in [1.29, 1.82) is 0 Å². The van der Waals surface area contributed by atoms with E-state index in [4.69, 9.17) is 4.74 Å². The lowest BCUT2D eigenvalue weighted by atomic mass is 10.2. The standard InChI is InChI=1S/C17H22N4O2S2/c22-16(18-10-13-3-1-7-23-13)11-25-17-20-19-15(21(17)12-5-6-12)9-14-4-2-8-24-14/h2,4,8,12-13H,1,3,5-7,9-11H2,(H,18,22)/t13-/m0/s1. The molecule has 0 radical (unpaired) electrons. The van der Waals surface area contributed by atoms with E-state index in [1.807, 2.05) is 0 Å². The van der Waals surface area contributed by atoms with Crippen LogP contribution in [0, 0.1) is 0 Å². The summed E-state index contributed by atoms with van der Waals surface area (Å²) in [5, 5.41) is 14.6. The number of hydrogen-bond donors (Lipinski definition) is 1. The number of hydrogen-bond acceptors (Lipinski definition) is 6. The van der Waals surface area contributed by atoms with E-state index in [0.29, 0.717) is 18.3 Å². The number of rotatable bonds is 8. The van der Waals surface area contributed by atoms with Gasteiger partial charge in [-0.25, -0.2) is 0 Å². The Morgan fingerprint density at radius 3 is 3.04 bits per heavy atom. The Morgan fingerprint density at radius 1 is 1.40 bits per heavy atom. The molecule has 4 rings (SSSR count). The van der Waals surface area contributed by atoms with Crippen LogP contribution in [0.4, 0.5) is 0 Å². The summed E-state index contributed by atoms with van der Waals surface area (Å²) >= 11 is 3.22. The molecule has 3 heterocycles. The van der Waals surface area contributed by atoms with Crippen molar-refractivity contribution in [1.82, 2.24) is 20.1 Å². The molecule has 2 aliphatic rings. The Labute approximate surface area is 155 Å². The van der Waals surface area contributed by atoms with Crippen molar-refractivity contribution in [3.63, 3.8) is 0 Å². The Balaban J connectivity index is 1.33. The van der Waals surface area contributed by atoms with E-state index in [2.05, 4.69) is 37.6 Å². The lowest BCUT2D eigenvalue weighted by Gasteiger charge is -2.11. The Bertz CT molecular complexity index is 706. The Morgan fingerprint density at radius 2 is 2.32 bits per heavy atom. The molecule has 1 atom stereocenters. The summed E-state index contributed by atoms with van der Waals surface area (Å²) in [5.74, 6) is 1.41. The fourth-order valence-electron chi connectivity index (χ4n) is 3.01. The minimum atomic E-state index is 0.0330. The lowest BCUT2D eigenvalue weighted by molar-refractivity contribution is -0.119. The molecule has 134 valence electrons. The highest BCUT2D eigenvalue weighted by molar-refractivity contribution is 7.99. The van der Waals surface area contributed by atoms with Gasteiger partial charge in [-0.05, 0) is 37.1 Å². The zero-order chi connectivity index (χ0) is 17.1. The number of ether oxygens (including phenoxy) is 1. The van der Waals surface area contributed by atoms with Crippen molar-refractivity contribution in [2.75, 3.05) is 18.9 Å². The molecule has 0 aromatic carbocycles. The third-order valence-corrected chi connectivity index (χ3v) is 6.26. The second-order valence-electron chi connectivity index (χ2n) is 6.48. The first-order valence-electron chi connectivity index (χ1n) is 8.77. The minimum Gasteiger partial charge on any atom is -0.376 e. The van der Waals surface area contributed by atoms with Crippen molar-refractivity contribution >= 4 is 29.0 Å². The molecule has 1 saturated carbocycles. The maximum atomic E-state index is 12.1. The summed E-state index contributed by atoms with van der Waals surface area (Å²) in [6, 6.07) is 4.69. The van der Waals surface area contributed by atoms with Crippen molar-refractivity contribution in [3.8, 4) is 0 Å². The van der Waals surface area contributed by atoms with E-state index in [-0.39, 0.29) is 12.0 Å². The monoisotopic (exact) mass is 378 g/mol. The summed E-state index contributed by atoms with van der Waals surface area (Å²) in [5.41, 5.74) is 0. The van der Waals surface area contributed by atoms with Gasteiger partial charge in [-0.15, -0.1) is 21.5 Å². The number of thioether (sulfide) groups is 1. The van der Waals surface area contributed by atoms with Crippen LogP contribution in [-0.4, -0.2) is 45.7 Å². The van der Waals surface area contributed by atoms with Gasteiger partial charge >= 0.3 is 0 Å². The quantitative estimate of drug-likeness (QED) is 0.715. The third-order valence-electron chi connectivity index (χ3n) is 4.44. The highest BCUT2D eigenvalue weighted by Crippen LogP contribution is 2.39. The predicted molar refractivity (Wildman–Crippen MR) is 98.1 cm³/mol. The highest BCUT2D eigenvalue weighted by Gasteiger charge is 2.30. The second-order valence-corrected chi connectivity index (χ2v) is 8.46. The Kier molecular flexibility index (Phi) is 5.38. The number of aromatic nitrogens is 3. The molecule has 6 nitrogen and oxygen atoms in total. The number of carbonyl (C=O) groups is 1. The van der Waals surface area contributed by atoms with Crippen molar-refractivity contribution in [2.45, 2.75) is 49.4 Å². The summed E-state index contributed by atoms with van der Waals surface area (Å²) in [6.07, 6.45) is 5.47. The third kappa shape index (κ3) is 4.43. The number of carbonyl (C=O) groups excluding carboxylic acids is 1. The van der Waals surface area contributed by atoms with Gasteiger partial charge in [-0.2, -0.15) is 0 Å². The molecule has 0 spiro atoms. The van der Waals surface area contributed by atoms with Crippen LogP contribution < -0.4 is 5.32 Å². The summed E-state index contributed by atoms with van der Waals surface area (Å²) in [7, 11) is 0. The van der Waals surface area contributed by atoms with Crippen LogP contribution in [0.3, 0.4) is 0 Å². The van der Waals surface area contributed by atoms with Crippen LogP contribution in [-0.2, 0) is 16.0 Å². The first kappa shape index (κ1) is 17.1. The van der Waals surface area contributed by atoms with Gasteiger partial charge in [0.2, 0.25) is 5.91 Å². The fraction of sp³-hybridized carbons (Fsp3) is 0.588. The first-order valence-corrected chi connectivity index (χ1v) is 10.6. The number of nitrogens with zero attached hydrogens (tertiary/aromatic N) is 3. The number of thiophene rings is 1. The molecule has 1 aliphatic heterocycles. The SMILES string of the molecule is O=C(CSc1nnc(Cc2cccs2)n1C1CC1)NC[C@@H]1CCCO1.